The number of rotatable bonds is 16. The Morgan fingerprint density at radius 2 is 1.09 bits per heavy atom. The third kappa shape index (κ3) is 9.82. The maximum absolute atomic E-state index is 12.1. The Morgan fingerprint density at radius 3 is 1.39 bits per heavy atom. The summed E-state index contributed by atoms with van der Waals surface area (Å²) in [4.78, 5) is 10.0. The van der Waals surface area contributed by atoms with E-state index in [2.05, 4.69) is 27.7 Å². The SMILES string of the molecule is CCCCCCCCC(CCCCCCCC)(C(C)C)[P+](=O)O. The van der Waals surface area contributed by atoms with Crippen molar-refractivity contribution in [3.05, 3.63) is 0 Å². The summed E-state index contributed by atoms with van der Waals surface area (Å²) in [5.41, 5.74) is 0. The third-order valence-corrected chi connectivity index (χ3v) is 7.11. The fourth-order valence-corrected chi connectivity index (χ4v) is 4.68. The van der Waals surface area contributed by atoms with Crippen molar-refractivity contribution in [3.8, 4) is 0 Å². The first kappa shape index (κ1) is 23.1. The molecule has 3 heteroatoms. The molecule has 138 valence electrons. The maximum Gasteiger partial charge on any atom is 0.512 e. The molecule has 2 nitrogen and oxygen atoms in total. The van der Waals surface area contributed by atoms with E-state index in [1.54, 1.807) is 0 Å². The Balaban J connectivity index is 4.27. The molecule has 23 heavy (non-hydrogen) atoms. The predicted molar refractivity (Wildman–Crippen MR) is 103 cm³/mol. The molecule has 0 spiro atoms. The molecule has 0 amide bonds. The first-order valence-corrected chi connectivity index (χ1v) is 11.4. The van der Waals surface area contributed by atoms with Crippen LogP contribution in [0.3, 0.4) is 0 Å². The van der Waals surface area contributed by atoms with E-state index in [1.807, 2.05) is 0 Å². The van der Waals surface area contributed by atoms with Crippen LogP contribution < -0.4 is 0 Å². The van der Waals surface area contributed by atoms with Crippen molar-refractivity contribution >= 4 is 8.03 Å². The molecule has 0 fully saturated rings. The quantitative estimate of drug-likeness (QED) is 0.231. The summed E-state index contributed by atoms with van der Waals surface area (Å²) in [7, 11) is -2.09. The normalized spacial score (nSPS) is 12.9. The summed E-state index contributed by atoms with van der Waals surface area (Å²) >= 11 is 0. The topological polar surface area (TPSA) is 37.3 Å². The molecule has 1 atom stereocenters. The van der Waals surface area contributed by atoms with Crippen LogP contribution in [0, 0.1) is 5.92 Å². The van der Waals surface area contributed by atoms with Crippen molar-refractivity contribution in [2.45, 2.75) is 123 Å². The highest BCUT2D eigenvalue weighted by molar-refractivity contribution is 7.40. The number of hydrogen-bond donors (Lipinski definition) is 1. The van der Waals surface area contributed by atoms with Crippen molar-refractivity contribution in [1.29, 1.82) is 0 Å². The van der Waals surface area contributed by atoms with Crippen molar-refractivity contribution in [1.82, 2.24) is 0 Å². The minimum atomic E-state index is -2.09. The van der Waals surface area contributed by atoms with Gasteiger partial charge in [-0.3, -0.25) is 0 Å². The van der Waals surface area contributed by atoms with Gasteiger partial charge in [-0.15, -0.1) is 0 Å². The summed E-state index contributed by atoms with van der Waals surface area (Å²) in [6.07, 6.45) is 16.9. The number of hydrogen-bond acceptors (Lipinski definition) is 1. The van der Waals surface area contributed by atoms with Gasteiger partial charge in [0.25, 0.3) is 0 Å². The van der Waals surface area contributed by atoms with E-state index in [0.717, 1.165) is 25.7 Å². The van der Waals surface area contributed by atoms with Gasteiger partial charge in [0.15, 0.2) is 5.16 Å². The van der Waals surface area contributed by atoms with Crippen molar-refractivity contribution < 1.29 is 9.46 Å². The molecular weight excluding hydrogens is 303 g/mol. The highest BCUT2D eigenvalue weighted by atomic mass is 31.1. The lowest BCUT2D eigenvalue weighted by molar-refractivity contribution is 0.312. The van der Waals surface area contributed by atoms with Gasteiger partial charge < -0.3 is 0 Å². The van der Waals surface area contributed by atoms with E-state index in [4.69, 9.17) is 0 Å². The zero-order chi connectivity index (χ0) is 17.6. The molecule has 0 aliphatic rings. The van der Waals surface area contributed by atoms with E-state index < -0.39 is 8.03 Å². The molecule has 0 aliphatic carbocycles. The average Bonchev–Trinajstić information content (AvgIpc) is 2.51. The minimum Gasteiger partial charge on any atom is -0.160 e. The summed E-state index contributed by atoms with van der Waals surface area (Å²) in [5.74, 6) is 0.294. The molecule has 0 saturated carbocycles. The molecule has 0 aromatic rings. The van der Waals surface area contributed by atoms with Gasteiger partial charge >= 0.3 is 8.03 Å². The molecule has 1 unspecified atom stereocenters. The van der Waals surface area contributed by atoms with Gasteiger partial charge in [-0.05, 0) is 17.4 Å². The Hall–Kier alpha value is 0.0600. The van der Waals surface area contributed by atoms with Crippen LogP contribution in [0.1, 0.15) is 118 Å². The summed E-state index contributed by atoms with van der Waals surface area (Å²) in [5, 5.41) is -0.342. The van der Waals surface area contributed by atoms with Gasteiger partial charge in [-0.1, -0.05) is 91.9 Å². The number of unbranched alkanes of at least 4 members (excludes halogenated alkanes) is 10. The van der Waals surface area contributed by atoms with Gasteiger partial charge in [0.05, 0.1) is 0 Å². The van der Waals surface area contributed by atoms with Crippen LogP contribution in [0.5, 0.6) is 0 Å². The fourth-order valence-electron chi connectivity index (χ4n) is 3.54. The van der Waals surface area contributed by atoms with Crippen molar-refractivity contribution in [2.24, 2.45) is 5.92 Å². The zero-order valence-corrected chi connectivity index (χ0v) is 17.2. The van der Waals surface area contributed by atoms with Gasteiger partial charge in [-0.2, -0.15) is 4.89 Å². The molecule has 0 bridgehead atoms. The molecule has 0 aromatic heterocycles. The largest absolute Gasteiger partial charge is 0.512 e. The Morgan fingerprint density at radius 1 is 0.739 bits per heavy atom. The molecule has 0 rings (SSSR count). The molecule has 0 aromatic carbocycles. The minimum absolute atomic E-state index is 0.294. The predicted octanol–water partition coefficient (Wildman–Crippen LogP) is 7.62. The van der Waals surface area contributed by atoms with E-state index in [9.17, 15) is 9.46 Å². The molecular formula is C20H42O2P+. The molecule has 0 saturated heterocycles. The second kappa shape index (κ2) is 14.4. The Bertz CT molecular complexity index is 273. The van der Waals surface area contributed by atoms with Gasteiger partial charge in [0.2, 0.25) is 0 Å². The highest BCUT2D eigenvalue weighted by Gasteiger charge is 2.50. The van der Waals surface area contributed by atoms with Crippen LogP contribution >= 0.6 is 8.03 Å². The molecule has 0 aliphatic heterocycles. The lowest BCUT2D eigenvalue weighted by atomic mass is 9.84. The van der Waals surface area contributed by atoms with E-state index in [1.165, 1.54) is 64.2 Å². The molecule has 0 heterocycles. The maximum atomic E-state index is 12.1. The van der Waals surface area contributed by atoms with Gasteiger partial charge in [0, 0.05) is 18.8 Å². The van der Waals surface area contributed by atoms with Crippen molar-refractivity contribution in [2.75, 3.05) is 0 Å². The Kier molecular flexibility index (Phi) is 14.4. The standard InChI is InChI=1S/C20H41O2P/c1-5-7-9-11-13-15-17-20(19(3)4,23(21)22)18-16-14-12-10-8-6-2/h19H,5-18H2,1-4H3/p+1. The summed E-state index contributed by atoms with van der Waals surface area (Å²) < 4.78 is 12.1. The van der Waals surface area contributed by atoms with Crippen LogP contribution in [0.25, 0.3) is 0 Å². The van der Waals surface area contributed by atoms with Crippen LogP contribution in [-0.4, -0.2) is 10.0 Å². The van der Waals surface area contributed by atoms with E-state index in [-0.39, 0.29) is 5.16 Å². The summed E-state index contributed by atoms with van der Waals surface area (Å²) in [6, 6.07) is 0. The highest BCUT2D eigenvalue weighted by Crippen LogP contribution is 2.49. The first-order chi connectivity index (χ1) is 11.0. The lowest BCUT2D eigenvalue weighted by Gasteiger charge is -2.26. The van der Waals surface area contributed by atoms with Crippen LogP contribution in [-0.2, 0) is 4.57 Å². The average molecular weight is 346 g/mol. The Labute approximate surface area is 146 Å². The third-order valence-electron chi connectivity index (χ3n) is 5.38. The van der Waals surface area contributed by atoms with E-state index >= 15 is 0 Å². The smallest absolute Gasteiger partial charge is 0.160 e. The summed E-state index contributed by atoms with van der Waals surface area (Å²) in [6.45, 7) is 8.75. The van der Waals surface area contributed by atoms with E-state index in [0.29, 0.717) is 5.92 Å². The second-order valence-electron chi connectivity index (χ2n) is 7.57. The van der Waals surface area contributed by atoms with Crippen LogP contribution in [0.2, 0.25) is 0 Å². The lowest BCUT2D eigenvalue weighted by Crippen LogP contribution is -2.31. The fraction of sp³-hybridized carbons (Fsp3) is 1.00. The zero-order valence-electron chi connectivity index (χ0n) is 16.3. The van der Waals surface area contributed by atoms with Crippen LogP contribution in [0.4, 0.5) is 0 Å². The monoisotopic (exact) mass is 345 g/mol. The molecule has 0 radical (unpaired) electrons. The second-order valence-corrected chi connectivity index (χ2v) is 9.00. The van der Waals surface area contributed by atoms with Gasteiger partial charge in [-0.25, -0.2) is 0 Å². The van der Waals surface area contributed by atoms with Gasteiger partial charge in [0.1, 0.15) is 0 Å². The first-order valence-electron chi connectivity index (χ1n) is 10.2. The molecule has 1 N–H and O–H groups in total. The van der Waals surface area contributed by atoms with Crippen LogP contribution in [0.15, 0.2) is 0 Å². The van der Waals surface area contributed by atoms with Crippen molar-refractivity contribution in [3.63, 3.8) is 0 Å².